The molecule has 1 unspecified atom stereocenters. The highest BCUT2D eigenvalue weighted by atomic mass is 16.5. The minimum atomic E-state index is -0.00623. The van der Waals surface area contributed by atoms with Crippen LogP contribution in [0, 0.1) is 6.92 Å². The van der Waals surface area contributed by atoms with E-state index in [-0.39, 0.29) is 6.03 Å². The van der Waals surface area contributed by atoms with Crippen LogP contribution in [0.25, 0.3) is 0 Å². The van der Waals surface area contributed by atoms with Gasteiger partial charge in [-0.2, -0.15) is 0 Å². The summed E-state index contributed by atoms with van der Waals surface area (Å²) >= 11 is 0. The van der Waals surface area contributed by atoms with Gasteiger partial charge in [-0.3, -0.25) is 0 Å². The van der Waals surface area contributed by atoms with Crippen LogP contribution < -0.4 is 10.1 Å². The minimum Gasteiger partial charge on any atom is -0.497 e. The van der Waals surface area contributed by atoms with Gasteiger partial charge in [0, 0.05) is 18.3 Å². The smallest absolute Gasteiger partial charge is 0.322 e. The predicted octanol–water partition coefficient (Wildman–Crippen LogP) is 3.02. The van der Waals surface area contributed by atoms with E-state index in [0.29, 0.717) is 6.04 Å². The Hall–Kier alpha value is -1.71. The summed E-state index contributed by atoms with van der Waals surface area (Å²) in [5.74, 6) is 0.806. The van der Waals surface area contributed by atoms with Crippen molar-refractivity contribution < 1.29 is 9.53 Å². The molecule has 18 heavy (non-hydrogen) atoms. The molecule has 1 atom stereocenters. The Kier molecular flexibility index (Phi) is 3.75. The lowest BCUT2D eigenvalue weighted by atomic mass is 10.2. The molecule has 2 rings (SSSR count). The van der Waals surface area contributed by atoms with Crippen molar-refractivity contribution in [3.8, 4) is 5.75 Å². The zero-order valence-electron chi connectivity index (χ0n) is 11.2. The van der Waals surface area contributed by atoms with Crippen LogP contribution in [0.1, 0.15) is 25.3 Å². The van der Waals surface area contributed by atoms with Gasteiger partial charge in [0.15, 0.2) is 0 Å². The monoisotopic (exact) mass is 248 g/mol. The van der Waals surface area contributed by atoms with Crippen molar-refractivity contribution in [2.24, 2.45) is 0 Å². The summed E-state index contributed by atoms with van der Waals surface area (Å²) in [7, 11) is 1.64. The molecule has 0 radical (unpaired) electrons. The maximum absolute atomic E-state index is 12.1. The Morgan fingerprint density at radius 2 is 2.28 bits per heavy atom. The topological polar surface area (TPSA) is 41.6 Å². The number of benzene rings is 1. The fourth-order valence-electron chi connectivity index (χ4n) is 2.33. The number of urea groups is 1. The molecule has 0 spiro atoms. The third-order valence-electron chi connectivity index (χ3n) is 3.49. The van der Waals surface area contributed by atoms with E-state index in [2.05, 4.69) is 12.2 Å². The molecule has 0 bridgehead atoms. The number of nitrogens with zero attached hydrogens (tertiary/aromatic N) is 1. The predicted molar refractivity (Wildman–Crippen MR) is 72.2 cm³/mol. The number of amides is 2. The van der Waals surface area contributed by atoms with Gasteiger partial charge >= 0.3 is 6.03 Å². The summed E-state index contributed by atoms with van der Waals surface area (Å²) in [5.41, 5.74) is 1.86. The molecule has 1 heterocycles. The van der Waals surface area contributed by atoms with Crippen LogP contribution >= 0.6 is 0 Å². The summed E-state index contributed by atoms with van der Waals surface area (Å²) in [6.07, 6.45) is 2.19. The molecular weight excluding hydrogens is 228 g/mol. The minimum absolute atomic E-state index is 0.00623. The van der Waals surface area contributed by atoms with Gasteiger partial charge in [0.2, 0.25) is 0 Å². The molecule has 1 aromatic rings. The number of carbonyl (C=O) groups excluding carboxylic acids is 1. The van der Waals surface area contributed by atoms with Crippen molar-refractivity contribution in [2.45, 2.75) is 32.7 Å². The average Bonchev–Trinajstić information content (AvgIpc) is 2.78. The van der Waals surface area contributed by atoms with E-state index in [9.17, 15) is 4.79 Å². The quantitative estimate of drug-likeness (QED) is 0.874. The lowest BCUT2D eigenvalue weighted by Gasteiger charge is -2.22. The zero-order chi connectivity index (χ0) is 13.1. The van der Waals surface area contributed by atoms with E-state index in [4.69, 9.17) is 4.74 Å². The Labute approximate surface area is 108 Å². The van der Waals surface area contributed by atoms with Gasteiger partial charge in [0.25, 0.3) is 0 Å². The number of hydrogen-bond donors (Lipinski definition) is 1. The first-order valence-electron chi connectivity index (χ1n) is 6.34. The summed E-state index contributed by atoms with van der Waals surface area (Å²) in [6.45, 7) is 4.90. The second-order valence-electron chi connectivity index (χ2n) is 4.80. The van der Waals surface area contributed by atoms with Crippen LogP contribution in [-0.2, 0) is 0 Å². The highest BCUT2D eigenvalue weighted by molar-refractivity contribution is 5.90. The highest BCUT2D eigenvalue weighted by Gasteiger charge is 2.25. The van der Waals surface area contributed by atoms with E-state index in [0.717, 1.165) is 36.4 Å². The van der Waals surface area contributed by atoms with Gasteiger partial charge in [-0.15, -0.1) is 0 Å². The first-order valence-corrected chi connectivity index (χ1v) is 6.34. The molecule has 1 saturated heterocycles. The van der Waals surface area contributed by atoms with Crippen LogP contribution in [0.2, 0.25) is 0 Å². The fourth-order valence-corrected chi connectivity index (χ4v) is 2.33. The molecule has 1 aromatic carbocycles. The van der Waals surface area contributed by atoms with Gasteiger partial charge in [-0.05, 0) is 50.5 Å². The summed E-state index contributed by atoms with van der Waals surface area (Å²) in [5, 5.41) is 2.97. The van der Waals surface area contributed by atoms with Gasteiger partial charge < -0.3 is 15.0 Å². The van der Waals surface area contributed by atoms with Crippen LogP contribution in [0.4, 0.5) is 10.5 Å². The summed E-state index contributed by atoms with van der Waals surface area (Å²) in [4.78, 5) is 14.0. The number of hydrogen-bond acceptors (Lipinski definition) is 2. The molecule has 1 aliphatic heterocycles. The molecular formula is C14H20N2O2. The lowest BCUT2D eigenvalue weighted by molar-refractivity contribution is 0.210. The van der Waals surface area contributed by atoms with Gasteiger partial charge in [0.05, 0.1) is 7.11 Å². The van der Waals surface area contributed by atoms with E-state index >= 15 is 0 Å². The van der Waals surface area contributed by atoms with Crippen molar-refractivity contribution in [1.82, 2.24) is 4.90 Å². The summed E-state index contributed by atoms with van der Waals surface area (Å²) < 4.78 is 5.15. The second kappa shape index (κ2) is 5.29. The van der Waals surface area contributed by atoms with Crippen molar-refractivity contribution in [3.63, 3.8) is 0 Å². The standard InChI is InChI=1S/C14H20N2O2/c1-10-9-12(18-3)6-7-13(10)15-14(17)16-8-4-5-11(16)2/h6-7,9,11H,4-5,8H2,1-3H3,(H,15,17). The van der Waals surface area contributed by atoms with Crippen molar-refractivity contribution in [1.29, 1.82) is 0 Å². The van der Waals surface area contributed by atoms with Gasteiger partial charge in [-0.1, -0.05) is 0 Å². The van der Waals surface area contributed by atoms with Crippen LogP contribution in [0.3, 0.4) is 0 Å². The number of nitrogens with one attached hydrogen (secondary N) is 1. The number of methoxy groups -OCH3 is 1. The second-order valence-corrected chi connectivity index (χ2v) is 4.80. The maximum atomic E-state index is 12.1. The van der Waals surface area contributed by atoms with Crippen LogP contribution in [-0.4, -0.2) is 30.6 Å². The zero-order valence-corrected chi connectivity index (χ0v) is 11.2. The van der Waals surface area contributed by atoms with Gasteiger partial charge in [-0.25, -0.2) is 4.79 Å². The third kappa shape index (κ3) is 2.58. The third-order valence-corrected chi connectivity index (χ3v) is 3.49. The molecule has 4 heteroatoms. The lowest BCUT2D eigenvalue weighted by Crippen LogP contribution is -2.37. The Bertz CT molecular complexity index is 445. The molecule has 0 aliphatic carbocycles. The molecule has 4 nitrogen and oxygen atoms in total. The summed E-state index contributed by atoms with van der Waals surface area (Å²) in [6, 6.07) is 5.99. The SMILES string of the molecule is COc1ccc(NC(=O)N2CCCC2C)c(C)c1. The number of carbonyl (C=O) groups is 1. The first kappa shape index (κ1) is 12.7. The van der Waals surface area contributed by atoms with Crippen LogP contribution in [0.15, 0.2) is 18.2 Å². The van der Waals surface area contributed by atoms with Crippen molar-refractivity contribution in [3.05, 3.63) is 23.8 Å². The molecule has 0 aromatic heterocycles. The van der Waals surface area contributed by atoms with Crippen molar-refractivity contribution >= 4 is 11.7 Å². The van der Waals surface area contributed by atoms with E-state index in [1.165, 1.54) is 0 Å². The Morgan fingerprint density at radius 3 is 2.83 bits per heavy atom. The molecule has 1 aliphatic rings. The fraction of sp³-hybridized carbons (Fsp3) is 0.500. The average molecular weight is 248 g/mol. The maximum Gasteiger partial charge on any atom is 0.322 e. The van der Waals surface area contributed by atoms with E-state index in [1.54, 1.807) is 7.11 Å². The first-order chi connectivity index (χ1) is 8.61. The molecule has 1 fully saturated rings. The molecule has 1 N–H and O–H groups in total. The number of likely N-dealkylation sites (tertiary alicyclic amines) is 1. The number of aryl methyl sites for hydroxylation is 1. The molecule has 0 saturated carbocycles. The van der Waals surface area contributed by atoms with Gasteiger partial charge in [0.1, 0.15) is 5.75 Å². The Balaban J connectivity index is 2.07. The highest BCUT2D eigenvalue weighted by Crippen LogP contribution is 2.23. The number of ether oxygens (including phenoxy) is 1. The molecule has 2 amide bonds. The van der Waals surface area contributed by atoms with Crippen LogP contribution in [0.5, 0.6) is 5.75 Å². The number of anilines is 1. The van der Waals surface area contributed by atoms with E-state index < -0.39 is 0 Å². The normalized spacial score (nSPS) is 18.8. The largest absolute Gasteiger partial charge is 0.497 e. The Morgan fingerprint density at radius 1 is 1.50 bits per heavy atom. The van der Waals surface area contributed by atoms with Crippen molar-refractivity contribution in [2.75, 3.05) is 19.0 Å². The van der Waals surface area contributed by atoms with E-state index in [1.807, 2.05) is 30.0 Å². The number of rotatable bonds is 2. The molecule has 98 valence electrons.